The largest absolute Gasteiger partial charge is 0.0837 e. The smallest absolute Gasteiger partial charge is 0.0484 e. The minimum Gasteiger partial charge on any atom is -0.0837 e. The first-order valence-electron chi connectivity index (χ1n) is 7.74. The molecule has 0 bridgehead atoms. The maximum absolute atomic E-state index is 6.43. The van der Waals surface area contributed by atoms with Gasteiger partial charge in [-0.1, -0.05) is 72.3 Å². The summed E-state index contributed by atoms with van der Waals surface area (Å²) in [4.78, 5) is 0. The van der Waals surface area contributed by atoms with E-state index in [9.17, 15) is 0 Å². The average Bonchev–Trinajstić information content (AvgIpc) is 2.61. The summed E-state index contributed by atoms with van der Waals surface area (Å²) in [6.07, 6.45) is 0. The summed E-state index contributed by atoms with van der Waals surface area (Å²) in [5.74, 6) is 0. The van der Waals surface area contributed by atoms with Crippen molar-refractivity contribution in [1.29, 1.82) is 0 Å². The van der Waals surface area contributed by atoms with Gasteiger partial charge in [0.25, 0.3) is 0 Å². The van der Waals surface area contributed by atoms with Gasteiger partial charge in [-0.25, -0.2) is 0 Å². The van der Waals surface area contributed by atoms with E-state index in [0.717, 1.165) is 10.4 Å². The van der Waals surface area contributed by atoms with Crippen molar-refractivity contribution in [2.45, 2.75) is 0 Å². The van der Waals surface area contributed by atoms with Gasteiger partial charge in [-0.2, -0.15) is 0 Å². The van der Waals surface area contributed by atoms with Gasteiger partial charge in [0, 0.05) is 10.4 Å². The van der Waals surface area contributed by atoms with Crippen molar-refractivity contribution in [3.05, 3.63) is 83.9 Å². The summed E-state index contributed by atoms with van der Waals surface area (Å²) in [6.45, 7) is 0. The molecule has 0 amide bonds. The van der Waals surface area contributed by atoms with Gasteiger partial charge in [0.15, 0.2) is 0 Å². The van der Waals surface area contributed by atoms with Gasteiger partial charge in [-0.15, -0.1) is 0 Å². The first-order chi connectivity index (χ1) is 11.3. The summed E-state index contributed by atoms with van der Waals surface area (Å²) >= 11 is 6.43. The number of benzene rings is 5. The van der Waals surface area contributed by atoms with Crippen LogP contribution in [0.4, 0.5) is 0 Å². The summed E-state index contributed by atoms with van der Waals surface area (Å²) < 4.78 is 0. The Kier molecular flexibility index (Phi) is 2.65. The van der Waals surface area contributed by atoms with Crippen LogP contribution in [0.3, 0.4) is 0 Å². The molecule has 0 heterocycles. The second-order valence-electron chi connectivity index (χ2n) is 5.95. The van der Waals surface area contributed by atoms with E-state index in [4.69, 9.17) is 11.6 Å². The van der Waals surface area contributed by atoms with Crippen LogP contribution in [0.2, 0.25) is 5.02 Å². The van der Waals surface area contributed by atoms with Gasteiger partial charge in [0.2, 0.25) is 0 Å². The van der Waals surface area contributed by atoms with Crippen molar-refractivity contribution in [3.8, 4) is 0 Å². The number of fused-ring (bicyclic) bond motifs is 7. The quantitative estimate of drug-likeness (QED) is 0.214. The Morgan fingerprint density at radius 3 is 1.57 bits per heavy atom. The van der Waals surface area contributed by atoms with Crippen LogP contribution in [-0.4, -0.2) is 0 Å². The standard InChI is InChI=1S/C22H13Cl/c23-22-11-5-6-14-12-20-17-9-3-1-7-15(17)16-8-2-4-10-18(16)21(20)13-19(14)22/h1-13H. The van der Waals surface area contributed by atoms with E-state index in [1.165, 1.54) is 37.7 Å². The lowest BCUT2D eigenvalue weighted by atomic mass is 9.92. The predicted molar refractivity (Wildman–Crippen MR) is 101 cm³/mol. The fourth-order valence-electron chi connectivity index (χ4n) is 3.64. The Labute approximate surface area is 138 Å². The monoisotopic (exact) mass is 312 g/mol. The zero-order valence-electron chi connectivity index (χ0n) is 12.4. The molecule has 0 saturated heterocycles. The number of hydrogen-bond donors (Lipinski definition) is 0. The number of rotatable bonds is 0. The molecule has 5 aromatic carbocycles. The maximum atomic E-state index is 6.43. The third-order valence-corrected chi connectivity index (χ3v) is 5.02. The molecule has 0 aliphatic rings. The van der Waals surface area contributed by atoms with Crippen LogP contribution < -0.4 is 0 Å². The molecule has 0 nitrogen and oxygen atoms in total. The van der Waals surface area contributed by atoms with Gasteiger partial charge < -0.3 is 0 Å². The molecule has 23 heavy (non-hydrogen) atoms. The molecule has 0 atom stereocenters. The minimum atomic E-state index is 0.807. The highest BCUT2D eigenvalue weighted by atomic mass is 35.5. The molecule has 108 valence electrons. The Balaban J connectivity index is 2.16. The first-order valence-corrected chi connectivity index (χ1v) is 8.12. The van der Waals surface area contributed by atoms with Crippen LogP contribution >= 0.6 is 11.6 Å². The molecule has 0 N–H and O–H groups in total. The third kappa shape index (κ3) is 1.79. The zero-order chi connectivity index (χ0) is 15.4. The molecule has 0 fully saturated rings. The molecule has 0 radical (unpaired) electrons. The van der Waals surface area contributed by atoms with Crippen LogP contribution in [0.15, 0.2) is 78.9 Å². The van der Waals surface area contributed by atoms with Gasteiger partial charge in [-0.05, 0) is 55.9 Å². The van der Waals surface area contributed by atoms with E-state index >= 15 is 0 Å². The van der Waals surface area contributed by atoms with Crippen molar-refractivity contribution >= 4 is 54.7 Å². The van der Waals surface area contributed by atoms with Crippen LogP contribution in [0.1, 0.15) is 0 Å². The van der Waals surface area contributed by atoms with Gasteiger partial charge in [0.1, 0.15) is 0 Å². The van der Waals surface area contributed by atoms with Gasteiger partial charge >= 0.3 is 0 Å². The molecule has 0 aromatic heterocycles. The highest BCUT2D eigenvalue weighted by Crippen LogP contribution is 2.38. The van der Waals surface area contributed by atoms with Crippen molar-refractivity contribution in [3.63, 3.8) is 0 Å². The fourth-order valence-corrected chi connectivity index (χ4v) is 3.87. The summed E-state index contributed by atoms with van der Waals surface area (Å²) in [6, 6.07) is 27.9. The van der Waals surface area contributed by atoms with Gasteiger partial charge in [-0.3, -0.25) is 0 Å². The first kappa shape index (κ1) is 12.9. The van der Waals surface area contributed by atoms with Crippen molar-refractivity contribution in [1.82, 2.24) is 0 Å². The Hall–Kier alpha value is -2.57. The van der Waals surface area contributed by atoms with E-state index in [2.05, 4.69) is 66.7 Å². The third-order valence-electron chi connectivity index (χ3n) is 4.69. The lowest BCUT2D eigenvalue weighted by Crippen LogP contribution is -1.84. The molecule has 1 heteroatoms. The second kappa shape index (κ2) is 4.71. The zero-order valence-corrected chi connectivity index (χ0v) is 13.1. The Morgan fingerprint density at radius 2 is 0.957 bits per heavy atom. The molecule has 5 aromatic rings. The Bertz CT molecular complexity index is 1220. The molecular formula is C22H13Cl. The van der Waals surface area contributed by atoms with Crippen molar-refractivity contribution in [2.75, 3.05) is 0 Å². The second-order valence-corrected chi connectivity index (χ2v) is 6.36. The minimum absolute atomic E-state index is 0.807. The number of hydrogen-bond acceptors (Lipinski definition) is 0. The van der Waals surface area contributed by atoms with Crippen molar-refractivity contribution < 1.29 is 0 Å². The highest BCUT2D eigenvalue weighted by Gasteiger charge is 2.10. The summed E-state index contributed by atoms with van der Waals surface area (Å²) in [7, 11) is 0. The van der Waals surface area contributed by atoms with E-state index < -0.39 is 0 Å². The predicted octanol–water partition coefficient (Wildman–Crippen LogP) is 6.95. The topological polar surface area (TPSA) is 0 Å². The van der Waals surface area contributed by atoms with Crippen LogP contribution in [0, 0.1) is 0 Å². The molecular weight excluding hydrogens is 300 g/mol. The molecule has 0 spiro atoms. The van der Waals surface area contributed by atoms with E-state index in [0.29, 0.717) is 0 Å². The summed E-state index contributed by atoms with van der Waals surface area (Å²) in [5.41, 5.74) is 0. The number of halogens is 1. The SMILES string of the molecule is Clc1cccc2cc3c4ccccc4c4ccccc4c3cc12. The van der Waals surface area contributed by atoms with Crippen LogP contribution in [0.5, 0.6) is 0 Å². The molecule has 0 unspecified atom stereocenters. The van der Waals surface area contributed by atoms with Gasteiger partial charge in [0.05, 0.1) is 0 Å². The maximum Gasteiger partial charge on any atom is 0.0484 e. The summed E-state index contributed by atoms with van der Waals surface area (Å²) in [5, 5.41) is 10.8. The van der Waals surface area contributed by atoms with E-state index in [1.807, 2.05) is 12.1 Å². The van der Waals surface area contributed by atoms with Crippen LogP contribution in [0.25, 0.3) is 43.1 Å². The fraction of sp³-hybridized carbons (Fsp3) is 0. The average molecular weight is 313 g/mol. The molecule has 0 aliphatic heterocycles. The van der Waals surface area contributed by atoms with E-state index in [-0.39, 0.29) is 0 Å². The Morgan fingerprint density at radius 1 is 0.435 bits per heavy atom. The van der Waals surface area contributed by atoms with E-state index in [1.54, 1.807) is 0 Å². The molecule has 0 saturated carbocycles. The van der Waals surface area contributed by atoms with Crippen LogP contribution in [-0.2, 0) is 0 Å². The highest BCUT2D eigenvalue weighted by molar-refractivity contribution is 6.37. The van der Waals surface area contributed by atoms with Crippen molar-refractivity contribution in [2.24, 2.45) is 0 Å². The molecule has 0 aliphatic carbocycles. The lowest BCUT2D eigenvalue weighted by molar-refractivity contribution is 1.77. The lowest BCUT2D eigenvalue weighted by Gasteiger charge is -2.12. The molecule has 5 rings (SSSR count). The normalized spacial score (nSPS) is 11.7.